The topological polar surface area (TPSA) is 35.8 Å². The molecule has 0 amide bonds. The minimum atomic E-state index is -0.347. The lowest BCUT2D eigenvalue weighted by Gasteiger charge is -2.40. The van der Waals surface area contributed by atoms with E-state index in [0.717, 1.165) is 17.9 Å². The van der Waals surface area contributed by atoms with E-state index in [4.69, 9.17) is 0 Å². The summed E-state index contributed by atoms with van der Waals surface area (Å²) in [5, 5.41) is 12.5. The second kappa shape index (κ2) is 4.37. The second-order valence-electron chi connectivity index (χ2n) is 4.70. The van der Waals surface area contributed by atoms with Crippen LogP contribution in [-0.4, -0.2) is 23.6 Å². The van der Waals surface area contributed by atoms with Crippen molar-refractivity contribution in [3.05, 3.63) is 12.7 Å². The molecule has 1 heterocycles. The molecule has 0 aliphatic carbocycles. The largest absolute Gasteiger partial charge is 0.295 e. The maximum absolute atomic E-state index is 9.24. The molecule has 0 saturated carbocycles. The Morgan fingerprint density at radius 1 is 1.57 bits per heavy atom. The summed E-state index contributed by atoms with van der Waals surface area (Å²) in [6.07, 6.45) is 2.74. The molecule has 1 aliphatic heterocycles. The predicted octanol–water partition coefficient (Wildman–Crippen LogP) is 2.19. The highest BCUT2D eigenvalue weighted by molar-refractivity contribution is 7.99. The minimum absolute atomic E-state index is 0.257. The summed E-state index contributed by atoms with van der Waals surface area (Å²) in [5.41, 5.74) is -0.0899. The maximum atomic E-state index is 9.24. The number of nitrogens with one attached hydrogen (secondary N) is 1. The molecule has 0 aromatic carbocycles. The Hall–Kier alpha value is -0.460. The Kier molecular flexibility index (Phi) is 3.63. The molecule has 1 atom stereocenters. The van der Waals surface area contributed by atoms with Crippen molar-refractivity contribution in [1.82, 2.24) is 5.32 Å². The summed E-state index contributed by atoms with van der Waals surface area (Å²) >= 11 is 1.86. The van der Waals surface area contributed by atoms with E-state index in [-0.39, 0.29) is 11.0 Å². The maximum Gasteiger partial charge on any atom is 0.116 e. The summed E-state index contributed by atoms with van der Waals surface area (Å²) < 4.78 is 0. The summed E-state index contributed by atoms with van der Waals surface area (Å²) in [5.74, 6) is 2.03. The van der Waals surface area contributed by atoms with Gasteiger partial charge in [0, 0.05) is 12.3 Å². The van der Waals surface area contributed by atoms with E-state index in [2.05, 4.69) is 31.8 Å². The minimum Gasteiger partial charge on any atom is -0.295 e. The van der Waals surface area contributed by atoms with E-state index in [0.29, 0.717) is 6.54 Å². The van der Waals surface area contributed by atoms with Crippen LogP contribution in [0, 0.1) is 16.7 Å². The third kappa shape index (κ3) is 2.76. The van der Waals surface area contributed by atoms with Gasteiger partial charge in [0.2, 0.25) is 0 Å². The van der Waals surface area contributed by atoms with Gasteiger partial charge in [-0.2, -0.15) is 17.0 Å². The average Bonchev–Trinajstić information content (AvgIpc) is 2.13. The van der Waals surface area contributed by atoms with Gasteiger partial charge >= 0.3 is 0 Å². The second-order valence-corrected chi connectivity index (χ2v) is 5.68. The summed E-state index contributed by atoms with van der Waals surface area (Å²) in [4.78, 5) is 0. The van der Waals surface area contributed by atoms with E-state index in [1.54, 1.807) is 0 Å². The lowest BCUT2D eigenvalue weighted by Crippen LogP contribution is -2.52. The first kappa shape index (κ1) is 11.6. The number of hydrogen-bond acceptors (Lipinski definition) is 3. The number of nitrogens with zero attached hydrogens (tertiary/aromatic N) is 1. The molecule has 1 rings (SSSR count). The summed E-state index contributed by atoms with van der Waals surface area (Å²) in [6.45, 7) is 8.83. The first-order valence-corrected chi connectivity index (χ1v) is 6.04. The molecule has 1 saturated heterocycles. The van der Waals surface area contributed by atoms with Crippen molar-refractivity contribution in [2.45, 2.75) is 25.8 Å². The Bertz CT molecular complexity index is 255. The SMILES string of the molecule is C=CCNC1(C#N)CSCC(C)(C)C1. The number of nitriles is 1. The van der Waals surface area contributed by atoms with Crippen molar-refractivity contribution in [3.63, 3.8) is 0 Å². The van der Waals surface area contributed by atoms with Gasteiger partial charge in [0.15, 0.2) is 0 Å². The average molecular weight is 210 g/mol. The van der Waals surface area contributed by atoms with Gasteiger partial charge in [-0.1, -0.05) is 19.9 Å². The molecule has 0 aromatic rings. The Labute approximate surface area is 90.8 Å². The molecule has 0 spiro atoms. The van der Waals surface area contributed by atoms with Gasteiger partial charge in [0.25, 0.3) is 0 Å². The fraction of sp³-hybridized carbons (Fsp3) is 0.727. The van der Waals surface area contributed by atoms with Crippen LogP contribution >= 0.6 is 11.8 Å². The standard InChI is InChI=1S/C11H18N2S/c1-4-5-13-11(7-12)6-10(2,3)8-14-9-11/h4,13H,1,5-6,8-9H2,2-3H3. The number of hydrogen-bond donors (Lipinski definition) is 1. The van der Waals surface area contributed by atoms with E-state index in [9.17, 15) is 5.26 Å². The van der Waals surface area contributed by atoms with Crippen molar-refractivity contribution < 1.29 is 0 Å². The first-order valence-electron chi connectivity index (χ1n) is 4.89. The van der Waals surface area contributed by atoms with E-state index >= 15 is 0 Å². The van der Waals surface area contributed by atoms with Crippen LogP contribution in [0.5, 0.6) is 0 Å². The highest BCUT2D eigenvalue weighted by Gasteiger charge is 2.40. The molecule has 14 heavy (non-hydrogen) atoms. The molecule has 0 bridgehead atoms. The van der Waals surface area contributed by atoms with Gasteiger partial charge in [0.1, 0.15) is 5.54 Å². The molecular weight excluding hydrogens is 192 g/mol. The van der Waals surface area contributed by atoms with Gasteiger partial charge in [0.05, 0.1) is 6.07 Å². The third-order valence-electron chi connectivity index (χ3n) is 2.42. The fourth-order valence-corrected chi connectivity index (χ4v) is 3.29. The van der Waals surface area contributed by atoms with Crippen molar-refractivity contribution >= 4 is 11.8 Å². The van der Waals surface area contributed by atoms with Gasteiger partial charge in [-0.25, -0.2) is 0 Å². The molecule has 0 aromatic heterocycles. The number of thioether (sulfide) groups is 1. The van der Waals surface area contributed by atoms with Crippen LogP contribution in [0.4, 0.5) is 0 Å². The van der Waals surface area contributed by atoms with Gasteiger partial charge in [-0.15, -0.1) is 6.58 Å². The van der Waals surface area contributed by atoms with Gasteiger partial charge in [-0.05, 0) is 17.6 Å². The van der Waals surface area contributed by atoms with E-state index < -0.39 is 0 Å². The highest BCUT2D eigenvalue weighted by atomic mass is 32.2. The molecule has 1 fully saturated rings. The summed E-state index contributed by atoms with van der Waals surface area (Å²) in [6, 6.07) is 2.43. The Balaban J connectivity index is 2.69. The van der Waals surface area contributed by atoms with Crippen LogP contribution in [0.15, 0.2) is 12.7 Å². The van der Waals surface area contributed by atoms with Crippen molar-refractivity contribution in [2.75, 3.05) is 18.1 Å². The number of rotatable bonds is 3. The molecule has 1 N–H and O–H groups in total. The fourth-order valence-electron chi connectivity index (χ4n) is 1.91. The van der Waals surface area contributed by atoms with E-state index in [1.165, 1.54) is 0 Å². The lowest BCUT2D eigenvalue weighted by molar-refractivity contribution is 0.276. The van der Waals surface area contributed by atoms with Gasteiger partial charge in [-0.3, -0.25) is 5.32 Å². The van der Waals surface area contributed by atoms with Crippen LogP contribution in [0.1, 0.15) is 20.3 Å². The zero-order chi connectivity index (χ0) is 10.7. The Morgan fingerprint density at radius 3 is 2.79 bits per heavy atom. The van der Waals surface area contributed by atoms with E-state index in [1.807, 2.05) is 17.8 Å². The van der Waals surface area contributed by atoms with Crippen LogP contribution < -0.4 is 5.32 Å². The quantitative estimate of drug-likeness (QED) is 0.725. The first-order chi connectivity index (χ1) is 6.54. The molecular formula is C11H18N2S. The lowest BCUT2D eigenvalue weighted by atomic mass is 9.80. The zero-order valence-electron chi connectivity index (χ0n) is 8.97. The molecule has 1 unspecified atom stereocenters. The van der Waals surface area contributed by atoms with Crippen molar-refractivity contribution in [1.29, 1.82) is 5.26 Å². The normalized spacial score (nSPS) is 30.6. The molecule has 0 radical (unpaired) electrons. The summed E-state index contributed by atoms with van der Waals surface area (Å²) in [7, 11) is 0. The smallest absolute Gasteiger partial charge is 0.116 e. The van der Waals surface area contributed by atoms with Crippen molar-refractivity contribution in [2.24, 2.45) is 5.41 Å². The van der Waals surface area contributed by atoms with Crippen LogP contribution in [-0.2, 0) is 0 Å². The molecule has 78 valence electrons. The molecule has 1 aliphatic rings. The predicted molar refractivity (Wildman–Crippen MR) is 62.3 cm³/mol. The van der Waals surface area contributed by atoms with Gasteiger partial charge < -0.3 is 0 Å². The van der Waals surface area contributed by atoms with Crippen molar-refractivity contribution in [3.8, 4) is 6.07 Å². The van der Waals surface area contributed by atoms with Crippen LogP contribution in [0.25, 0.3) is 0 Å². The van der Waals surface area contributed by atoms with Crippen LogP contribution in [0.2, 0.25) is 0 Å². The molecule has 3 heteroatoms. The monoisotopic (exact) mass is 210 g/mol. The zero-order valence-corrected chi connectivity index (χ0v) is 9.78. The third-order valence-corrected chi connectivity index (χ3v) is 4.10. The highest BCUT2D eigenvalue weighted by Crippen LogP contribution is 2.38. The molecule has 2 nitrogen and oxygen atoms in total. The van der Waals surface area contributed by atoms with Crippen LogP contribution in [0.3, 0.4) is 0 Å². The Morgan fingerprint density at radius 2 is 2.29 bits per heavy atom.